The Morgan fingerprint density at radius 3 is 2.41 bits per heavy atom. The molecule has 0 radical (unpaired) electrons. The molecule has 0 amide bonds. The molecule has 0 atom stereocenters. The summed E-state index contributed by atoms with van der Waals surface area (Å²) in [4.78, 5) is 15.6. The average Bonchev–Trinajstić information content (AvgIpc) is 2.81. The van der Waals surface area contributed by atoms with Crippen LogP contribution < -0.4 is 10.4 Å². The van der Waals surface area contributed by atoms with Gasteiger partial charge in [0.05, 0.1) is 22.0 Å². The van der Waals surface area contributed by atoms with Crippen LogP contribution in [-0.4, -0.2) is 15.6 Å². The van der Waals surface area contributed by atoms with E-state index in [-0.39, 0.29) is 11.4 Å². The summed E-state index contributed by atoms with van der Waals surface area (Å²) < 4.78 is 0. The average molecular weight is 419 g/mol. The van der Waals surface area contributed by atoms with Gasteiger partial charge in [-0.05, 0) is 52.3 Å². The number of non-ortho nitro benzene ring substituents is 1. The molecule has 0 spiro atoms. The Morgan fingerprint density at radius 1 is 0.969 bits per heavy atom. The number of hydrogen-bond donors (Lipinski definition) is 1. The molecule has 0 aliphatic heterocycles. The number of aryl methyl sites for hydroxylation is 1. The van der Waals surface area contributed by atoms with E-state index < -0.39 is 4.92 Å². The topological polar surface area (TPSA) is 79.9 Å². The maximum absolute atomic E-state index is 11.3. The van der Waals surface area contributed by atoms with Crippen LogP contribution >= 0.6 is 0 Å². The highest BCUT2D eigenvalue weighted by molar-refractivity contribution is 6.18. The number of nitrogens with one attached hydrogen (secondary N) is 1. The minimum atomic E-state index is -0.411. The third-order valence-electron chi connectivity index (χ3n) is 5.27. The summed E-state index contributed by atoms with van der Waals surface area (Å²) in [6, 6.07) is 25.9. The Bertz CT molecular complexity index is 1440. The lowest BCUT2D eigenvalue weighted by atomic mass is 9.98. The molecule has 5 heteroatoms. The molecule has 5 nitrogen and oxygen atoms in total. The van der Waals surface area contributed by atoms with Gasteiger partial charge >= 0.3 is 0 Å². The van der Waals surface area contributed by atoms with Crippen molar-refractivity contribution in [3.8, 4) is 22.4 Å². The molecule has 0 saturated heterocycles. The highest BCUT2D eigenvalue weighted by Gasteiger charge is 2.14. The van der Waals surface area contributed by atoms with Crippen molar-refractivity contribution in [3.05, 3.63) is 117 Å². The van der Waals surface area contributed by atoms with Crippen molar-refractivity contribution >= 4 is 24.1 Å². The molecule has 0 bridgehead atoms. The fourth-order valence-electron chi connectivity index (χ4n) is 3.51. The Morgan fingerprint density at radius 2 is 1.69 bits per heavy atom. The van der Waals surface area contributed by atoms with Gasteiger partial charge in [-0.3, -0.25) is 15.5 Å². The molecule has 0 saturated carbocycles. The Labute approximate surface area is 185 Å². The molecule has 1 heterocycles. The fourth-order valence-corrected chi connectivity index (χ4v) is 3.51. The first kappa shape index (κ1) is 20.9. The lowest BCUT2D eigenvalue weighted by molar-refractivity contribution is -0.384. The molecular weight excluding hydrogens is 398 g/mol. The number of rotatable bonds is 5. The zero-order valence-corrected chi connectivity index (χ0v) is 17.6. The Balaban J connectivity index is 1.92. The molecule has 1 N–H and O–H groups in total. The molecule has 32 heavy (non-hydrogen) atoms. The summed E-state index contributed by atoms with van der Waals surface area (Å²) in [6.07, 6.45) is 1.74. The van der Waals surface area contributed by atoms with Gasteiger partial charge in [-0.1, -0.05) is 67.2 Å². The number of hydrogen-bond acceptors (Lipinski definition) is 4. The highest BCUT2D eigenvalue weighted by atomic mass is 16.6. The lowest BCUT2D eigenvalue weighted by Crippen LogP contribution is -2.23. The smallest absolute Gasteiger partial charge is 0.270 e. The molecule has 4 rings (SSSR count). The van der Waals surface area contributed by atoms with Gasteiger partial charge in [0.1, 0.15) is 0 Å². The van der Waals surface area contributed by atoms with E-state index in [9.17, 15) is 10.1 Å². The minimum Gasteiger partial charge on any atom is -0.299 e. The quantitative estimate of drug-likeness (QED) is 0.284. The second-order valence-corrected chi connectivity index (χ2v) is 7.51. The van der Waals surface area contributed by atoms with Gasteiger partial charge in [0, 0.05) is 17.7 Å². The van der Waals surface area contributed by atoms with E-state index in [4.69, 9.17) is 10.4 Å². The molecule has 156 valence electrons. The number of nitro benzene ring substituents is 1. The molecule has 1 aromatic heterocycles. The first-order chi connectivity index (χ1) is 15.4. The Hall–Kier alpha value is -4.38. The molecule has 0 fully saturated rings. The largest absolute Gasteiger partial charge is 0.299 e. The van der Waals surface area contributed by atoms with Crippen molar-refractivity contribution in [1.82, 2.24) is 4.98 Å². The monoisotopic (exact) mass is 419 g/mol. The second-order valence-electron chi connectivity index (χ2n) is 7.51. The SMILES string of the molecule is C=c1cccc/c1=C/C(=N)c1cc(-c2ccccc2)cc(-c2cc([N+](=O)[O-])ccc2C)n1. The second kappa shape index (κ2) is 8.78. The van der Waals surface area contributed by atoms with Crippen molar-refractivity contribution in [2.24, 2.45) is 0 Å². The van der Waals surface area contributed by atoms with Crippen molar-refractivity contribution in [1.29, 1.82) is 5.41 Å². The number of aromatic nitrogens is 1. The molecule has 0 unspecified atom stereocenters. The van der Waals surface area contributed by atoms with Crippen LogP contribution in [0.2, 0.25) is 0 Å². The van der Waals surface area contributed by atoms with E-state index in [1.807, 2.05) is 73.7 Å². The molecule has 0 aliphatic rings. The third-order valence-corrected chi connectivity index (χ3v) is 5.27. The van der Waals surface area contributed by atoms with Crippen LogP contribution in [-0.2, 0) is 0 Å². The van der Waals surface area contributed by atoms with Crippen LogP contribution in [0.1, 0.15) is 11.3 Å². The third kappa shape index (κ3) is 4.37. The maximum Gasteiger partial charge on any atom is 0.270 e. The number of pyridine rings is 1. The number of nitrogens with zero attached hydrogens (tertiary/aromatic N) is 2. The van der Waals surface area contributed by atoms with Gasteiger partial charge in [0.25, 0.3) is 5.69 Å². The predicted molar refractivity (Wildman–Crippen MR) is 129 cm³/mol. The van der Waals surface area contributed by atoms with Crippen LogP contribution in [0, 0.1) is 22.4 Å². The number of benzene rings is 3. The van der Waals surface area contributed by atoms with Crippen molar-refractivity contribution in [3.63, 3.8) is 0 Å². The van der Waals surface area contributed by atoms with E-state index in [0.717, 1.165) is 27.1 Å². The normalized spacial score (nSPS) is 11.3. The molecular formula is C27H21N3O2. The predicted octanol–water partition coefficient (Wildman–Crippen LogP) is 4.89. The van der Waals surface area contributed by atoms with E-state index in [1.54, 1.807) is 12.1 Å². The molecule has 0 aliphatic carbocycles. The zero-order chi connectivity index (χ0) is 22.7. The Kier molecular flexibility index (Phi) is 5.73. The van der Waals surface area contributed by atoms with E-state index in [0.29, 0.717) is 17.0 Å². The van der Waals surface area contributed by atoms with Gasteiger partial charge in [0.15, 0.2) is 0 Å². The van der Waals surface area contributed by atoms with Gasteiger partial charge < -0.3 is 0 Å². The van der Waals surface area contributed by atoms with Gasteiger partial charge in [-0.25, -0.2) is 4.98 Å². The first-order valence-corrected chi connectivity index (χ1v) is 10.1. The standard InChI is InChI=1S/C27H21N3O2/c1-18-8-6-7-11-21(18)14-25(28)27-16-22(20-9-4-3-5-10-20)15-26(29-27)24-17-23(30(31)32)13-12-19(24)2/h3-17,28H,1H2,2H3/b21-14-,28-25?. The lowest BCUT2D eigenvalue weighted by Gasteiger charge is -2.11. The summed E-state index contributed by atoms with van der Waals surface area (Å²) in [5.74, 6) is 0. The molecule has 3 aromatic carbocycles. The van der Waals surface area contributed by atoms with Crippen LogP contribution in [0.25, 0.3) is 35.0 Å². The maximum atomic E-state index is 11.3. The highest BCUT2D eigenvalue weighted by Crippen LogP contribution is 2.30. The van der Waals surface area contributed by atoms with Gasteiger partial charge in [-0.15, -0.1) is 0 Å². The van der Waals surface area contributed by atoms with Crippen LogP contribution in [0.15, 0.2) is 84.9 Å². The van der Waals surface area contributed by atoms with E-state index >= 15 is 0 Å². The summed E-state index contributed by atoms with van der Waals surface area (Å²) in [7, 11) is 0. The van der Waals surface area contributed by atoms with Crippen molar-refractivity contribution in [2.75, 3.05) is 0 Å². The van der Waals surface area contributed by atoms with Crippen LogP contribution in [0.3, 0.4) is 0 Å². The zero-order valence-electron chi connectivity index (χ0n) is 17.6. The van der Waals surface area contributed by atoms with Crippen LogP contribution in [0.5, 0.6) is 0 Å². The minimum absolute atomic E-state index is 0.00619. The van der Waals surface area contributed by atoms with Crippen molar-refractivity contribution < 1.29 is 4.92 Å². The van der Waals surface area contributed by atoms with Crippen LogP contribution in [0.4, 0.5) is 5.69 Å². The summed E-state index contributed by atoms with van der Waals surface area (Å²) in [5, 5.41) is 21.7. The molecule has 4 aromatic rings. The van der Waals surface area contributed by atoms with Crippen molar-refractivity contribution in [2.45, 2.75) is 6.92 Å². The first-order valence-electron chi connectivity index (χ1n) is 10.1. The summed E-state index contributed by atoms with van der Waals surface area (Å²) in [6.45, 7) is 5.92. The van der Waals surface area contributed by atoms with E-state index in [2.05, 4.69) is 6.58 Å². The number of nitro groups is 1. The van der Waals surface area contributed by atoms with Gasteiger partial charge in [-0.2, -0.15) is 0 Å². The fraction of sp³-hybridized carbons (Fsp3) is 0.0370. The summed E-state index contributed by atoms with van der Waals surface area (Å²) in [5.41, 5.74) is 4.72. The van der Waals surface area contributed by atoms with E-state index in [1.165, 1.54) is 12.1 Å². The van der Waals surface area contributed by atoms with Gasteiger partial charge in [0.2, 0.25) is 0 Å². The summed E-state index contributed by atoms with van der Waals surface area (Å²) >= 11 is 0.